The Morgan fingerprint density at radius 2 is 2.07 bits per heavy atom. The maximum atomic E-state index is 10.7. The number of aliphatic hydroxyl groups is 1. The molecule has 0 unspecified atom stereocenters. The van der Waals surface area contributed by atoms with Crippen LogP contribution in [-0.4, -0.2) is 46.8 Å². The maximum Gasteiger partial charge on any atom is 0.332 e. The van der Waals surface area contributed by atoms with Crippen LogP contribution in [0.1, 0.15) is 19.8 Å². The molecule has 1 heterocycles. The summed E-state index contributed by atoms with van der Waals surface area (Å²) in [5.74, 6) is -0.848. The summed E-state index contributed by atoms with van der Waals surface area (Å²) in [6.45, 7) is 3.79. The molecule has 1 saturated heterocycles. The van der Waals surface area contributed by atoms with Crippen molar-refractivity contribution in [3.63, 3.8) is 0 Å². The average molecular weight is 199 g/mol. The van der Waals surface area contributed by atoms with E-state index in [0.717, 1.165) is 25.9 Å². The summed E-state index contributed by atoms with van der Waals surface area (Å²) in [7, 11) is 0. The van der Waals surface area contributed by atoms with Gasteiger partial charge in [-0.05, 0) is 19.8 Å². The van der Waals surface area contributed by atoms with Gasteiger partial charge in [-0.1, -0.05) is 6.08 Å². The molecule has 80 valence electrons. The van der Waals surface area contributed by atoms with Gasteiger partial charge in [-0.3, -0.25) is 4.90 Å². The molecule has 14 heavy (non-hydrogen) atoms. The fourth-order valence-corrected chi connectivity index (χ4v) is 1.60. The van der Waals surface area contributed by atoms with Gasteiger partial charge in [-0.25, -0.2) is 4.79 Å². The van der Waals surface area contributed by atoms with E-state index in [1.165, 1.54) is 0 Å². The second-order valence-corrected chi connectivity index (χ2v) is 3.63. The molecule has 0 amide bonds. The molecule has 4 heteroatoms. The van der Waals surface area contributed by atoms with E-state index in [2.05, 4.69) is 4.90 Å². The van der Waals surface area contributed by atoms with Crippen LogP contribution in [0.2, 0.25) is 0 Å². The number of rotatable bonds is 3. The van der Waals surface area contributed by atoms with Crippen LogP contribution in [0.4, 0.5) is 0 Å². The lowest BCUT2D eigenvalue weighted by Gasteiger charge is -2.29. The molecular formula is C10H17NO3. The Hall–Kier alpha value is -0.870. The summed E-state index contributed by atoms with van der Waals surface area (Å²) >= 11 is 0. The standard InChI is InChI=1S/C10H17NO3/c1-2-8(10(13)14)7-11-5-3-9(12)4-6-11/h2,9,12H,3-7H2,1H3,(H,13,14). The van der Waals surface area contributed by atoms with Crippen molar-refractivity contribution in [2.45, 2.75) is 25.9 Å². The van der Waals surface area contributed by atoms with Crippen LogP contribution in [0.5, 0.6) is 0 Å². The minimum Gasteiger partial charge on any atom is -0.478 e. The highest BCUT2D eigenvalue weighted by atomic mass is 16.4. The van der Waals surface area contributed by atoms with Crippen LogP contribution < -0.4 is 0 Å². The van der Waals surface area contributed by atoms with Crippen molar-refractivity contribution in [2.75, 3.05) is 19.6 Å². The van der Waals surface area contributed by atoms with Gasteiger partial charge in [-0.15, -0.1) is 0 Å². The third kappa shape index (κ3) is 3.12. The number of carboxylic acid groups (broad SMARTS) is 1. The molecule has 0 aromatic rings. The van der Waals surface area contributed by atoms with E-state index >= 15 is 0 Å². The van der Waals surface area contributed by atoms with E-state index in [1.54, 1.807) is 13.0 Å². The third-order valence-electron chi connectivity index (χ3n) is 2.57. The van der Waals surface area contributed by atoms with E-state index in [1.807, 2.05) is 0 Å². The minimum atomic E-state index is -0.848. The molecule has 1 aliphatic heterocycles. The second-order valence-electron chi connectivity index (χ2n) is 3.63. The monoisotopic (exact) mass is 199 g/mol. The zero-order chi connectivity index (χ0) is 10.6. The molecule has 0 aliphatic carbocycles. The molecule has 0 aromatic carbocycles. The van der Waals surface area contributed by atoms with E-state index in [9.17, 15) is 9.90 Å². The first-order valence-corrected chi connectivity index (χ1v) is 4.92. The number of piperidine rings is 1. The third-order valence-corrected chi connectivity index (χ3v) is 2.57. The van der Waals surface area contributed by atoms with Crippen LogP contribution in [0.3, 0.4) is 0 Å². The van der Waals surface area contributed by atoms with Gasteiger partial charge >= 0.3 is 5.97 Å². The zero-order valence-corrected chi connectivity index (χ0v) is 8.44. The molecule has 4 nitrogen and oxygen atoms in total. The van der Waals surface area contributed by atoms with Crippen LogP contribution in [0, 0.1) is 0 Å². The Balaban J connectivity index is 2.41. The van der Waals surface area contributed by atoms with Crippen molar-refractivity contribution >= 4 is 5.97 Å². The lowest BCUT2D eigenvalue weighted by Crippen LogP contribution is -2.37. The average Bonchev–Trinajstić information content (AvgIpc) is 2.16. The van der Waals surface area contributed by atoms with Gasteiger partial charge in [0.05, 0.1) is 6.10 Å². The Morgan fingerprint density at radius 1 is 1.50 bits per heavy atom. The second kappa shape index (κ2) is 5.12. The van der Waals surface area contributed by atoms with Gasteiger partial charge in [0.2, 0.25) is 0 Å². The molecule has 1 aliphatic rings. The molecule has 2 N–H and O–H groups in total. The number of allylic oxidation sites excluding steroid dienone is 1. The van der Waals surface area contributed by atoms with Crippen molar-refractivity contribution in [3.8, 4) is 0 Å². The first kappa shape index (κ1) is 11.2. The largest absolute Gasteiger partial charge is 0.478 e. The van der Waals surface area contributed by atoms with Gasteiger partial charge in [0.15, 0.2) is 0 Å². The number of carbonyl (C=O) groups is 1. The number of hydrogen-bond donors (Lipinski definition) is 2. The van der Waals surface area contributed by atoms with Gasteiger partial charge in [-0.2, -0.15) is 0 Å². The van der Waals surface area contributed by atoms with E-state index in [-0.39, 0.29) is 6.10 Å². The number of aliphatic hydroxyl groups excluding tert-OH is 1. The van der Waals surface area contributed by atoms with Crippen molar-refractivity contribution in [1.82, 2.24) is 4.90 Å². The first-order valence-electron chi connectivity index (χ1n) is 4.92. The smallest absolute Gasteiger partial charge is 0.332 e. The molecule has 1 fully saturated rings. The van der Waals surface area contributed by atoms with Gasteiger partial charge in [0, 0.05) is 25.2 Å². The van der Waals surface area contributed by atoms with E-state index in [0.29, 0.717) is 12.1 Å². The highest BCUT2D eigenvalue weighted by Gasteiger charge is 2.19. The first-order chi connectivity index (χ1) is 6.63. The molecule has 0 bridgehead atoms. The van der Waals surface area contributed by atoms with Gasteiger partial charge < -0.3 is 10.2 Å². The molecule has 0 spiro atoms. The van der Waals surface area contributed by atoms with Crippen molar-refractivity contribution in [1.29, 1.82) is 0 Å². The molecular weight excluding hydrogens is 182 g/mol. The van der Waals surface area contributed by atoms with Crippen molar-refractivity contribution in [3.05, 3.63) is 11.6 Å². The fourth-order valence-electron chi connectivity index (χ4n) is 1.60. The van der Waals surface area contributed by atoms with Crippen molar-refractivity contribution < 1.29 is 15.0 Å². The maximum absolute atomic E-state index is 10.7. The molecule has 0 aromatic heterocycles. The van der Waals surface area contributed by atoms with E-state index in [4.69, 9.17) is 5.11 Å². The molecule has 0 saturated carbocycles. The highest BCUT2D eigenvalue weighted by Crippen LogP contribution is 2.11. The highest BCUT2D eigenvalue weighted by molar-refractivity contribution is 5.86. The van der Waals surface area contributed by atoms with Gasteiger partial charge in [0.25, 0.3) is 0 Å². The molecule has 0 atom stereocenters. The number of carboxylic acids is 1. The van der Waals surface area contributed by atoms with Gasteiger partial charge in [0.1, 0.15) is 0 Å². The molecule has 0 radical (unpaired) electrons. The number of aliphatic carboxylic acids is 1. The topological polar surface area (TPSA) is 60.8 Å². The van der Waals surface area contributed by atoms with Crippen LogP contribution in [0.25, 0.3) is 0 Å². The predicted molar refractivity (Wildman–Crippen MR) is 53.1 cm³/mol. The lowest BCUT2D eigenvalue weighted by molar-refractivity contribution is -0.133. The van der Waals surface area contributed by atoms with E-state index < -0.39 is 5.97 Å². The summed E-state index contributed by atoms with van der Waals surface area (Å²) in [4.78, 5) is 12.8. The van der Waals surface area contributed by atoms with Crippen molar-refractivity contribution in [2.24, 2.45) is 0 Å². The summed E-state index contributed by atoms with van der Waals surface area (Å²) < 4.78 is 0. The summed E-state index contributed by atoms with van der Waals surface area (Å²) in [6, 6.07) is 0. The SMILES string of the molecule is CC=C(CN1CCC(O)CC1)C(=O)O. The Bertz CT molecular complexity index is 230. The zero-order valence-electron chi connectivity index (χ0n) is 8.44. The summed E-state index contributed by atoms with van der Waals surface area (Å²) in [5, 5.41) is 18.1. The number of hydrogen-bond acceptors (Lipinski definition) is 3. The fraction of sp³-hybridized carbons (Fsp3) is 0.700. The number of nitrogens with zero attached hydrogens (tertiary/aromatic N) is 1. The Labute approximate surface area is 83.8 Å². The number of likely N-dealkylation sites (tertiary alicyclic amines) is 1. The van der Waals surface area contributed by atoms with Crippen LogP contribution in [0.15, 0.2) is 11.6 Å². The summed E-state index contributed by atoms with van der Waals surface area (Å²) in [6.07, 6.45) is 2.92. The Kier molecular flexibility index (Phi) is 4.10. The predicted octanol–water partition coefficient (Wildman–Crippen LogP) is 0.474. The van der Waals surface area contributed by atoms with Crippen LogP contribution in [-0.2, 0) is 4.79 Å². The minimum absolute atomic E-state index is 0.204. The van der Waals surface area contributed by atoms with Crippen LogP contribution >= 0.6 is 0 Å². The normalized spacial score (nSPS) is 21.1. The Morgan fingerprint density at radius 3 is 2.50 bits per heavy atom. The summed E-state index contributed by atoms with van der Waals surface area (Å²) in [5.41, 5.74) is 0.432. The molecule has 1 rings (SSSR count). The quantitative estimate of drug-likeness (QED) is 0.649. The lowest BCUT2D eigenvalue weighted by atomic mass is 10.1.